The van der Waals surface area contributed by atoms with Crippen LogP contribution in [0.2, 0.25) is 0 Å². The molecular weight excluding hydrogens is 227 g/mol. The van der Waals surface area contributed by atoms with Gasteiger partial charge in [-0.15, -0.1) is 0 Å². The third kappa shape index (κ3) is 3.84. The molecule has 0 spiro atoms. The van der Waals surface area contributed by atoms with Gasteiger partial charge in [0.25, 0.3) is 0 Å². The third-order valence-electron chi connectivity index (χ3n) is 2.09. The van der Waals surface area contributed by atoms with Gasteiger partial charge in [0.2, 0.25) is 5.91 Å². The van der Waals surface area contributed by atoms with Crippen LogP contribution in [0.25, 0.3) is 0 Å². The van der Waals surface area contributed by atoms with E-state index in [4.69, 9.17) is 5.11 Å². The van der Waals surface area contributed by atoms with Crippen molar-refractivity contribution in [3.05, 3.63) is 29.6 Å². The summed E-state index contributed by atoms with van der Waals surface area (Å²) in [5, 5.41) is 13.9. The standard InChI is InChI=1S/C11H13FN2O3/c1-13-5-4-10(15)14-7-2-3-8(11(16)17)9(12)6-7/h2-3,6,13H,4-5H2,1H3,(H,14,15)(H,16,17). The Labute approximate surface area is 97.6 Å². The van der Waals surface area contributed by atoms with E-state index in [1.54, 1.807) is 7.05 Å². The van der Waals surface area contributed by atoms with Gasteiger partial charge in [-0.25, -0.2) is 9.18 Å². The van der Waals surface area contributed by atoms with Crippen molar-refractivity contribution >= 4 is 17.6 Å². The van der Waals surface area contributed by atoms with E-state index in [0.717, 1.165) is 12.1 Å². The van der Waals surface area contributed by atoms with Crippen LogP contribution in [-0.4, -0.2) is 30.6 Å². The molecule has 92 valence electrons. The van der Waals surface area contributed by atoms with Gasteiger partial charge < -0.3 is 15.7 Å². The molecule has 1 aromatic carbocycles. The number of carboxylic acid groups (broad SMARTS) is 1. The number of halogens is 1. The van der Waals surface area contributed by atoms with Crippen LogP contribution in [0.1, 0.15) is 16.8 Å². The molecule has 0 aromatic heterocycles. The van der Waals surface area contributed by atoms with Crippen molar-refractivity contribution in [2.45, 2.75) is 6.42 Å². The molecule has 6 heteroatoms. The molecule has 0 fully saturated rings. The molecule has 0 aliphatic carbocycles. The van der Waals surface area contributed by atoms with Gasteiger partial charge in [-0.3, -0.25) is 4.79 Å². The molecule has 3 N–H and O–H groups in total. The second kappa shape index (κ2) is 5.95. The van der Waals surface area contributed by atoms with Gasteiger partial charge >= 0.3 is 5.97 Å². The van der Waals surface area contributed by atoms with E-state index in [1.165, 1.54) is 6.07 Å². The van der Waals surface area contributed by atoms with Crippen LogP contribution < -0.4 is 10.6 Å². The fourth-order valence-electron chi connectivity index (χ4n) is 1.23. The van der Waals surface area contributed by atoms with Gasteiger partial charge in [-0.1, -0.05) is 0 Å². The number of carboxylic acids is 1. The maximum Gasteiger partial charge on any atom is 0.338 e. The van der Waals surface area contributed by atoms with Crippen LogP contribution >= 0.6 is 0 Å². The van der Waals surface area contributed by atoms with Crippen LogP contribution in [0.15, 0.2) is 18.2 Å². The average molecular weight is 240 g/mol. The molecule has 0 atom stereocenters. The molecule has 1 amide bonds. The zero-order valence-corrected chi connectivity index (χ0v) is 9.29. The summed E-state index contributed by atoms with van der Waals surface area (Å²) in [5.74, 6) is -2.47. The topological polar surface area (TPSA) is 78.4 Å². The molecule has 0 heterocycles. The minimum absolute atomic E-state index is 0.244. The lowest BCUT2D eigenvalue weighted by atomic mass is 10.2. The lowest BCUT2D eigenvalue weighted by molar-refractivity contribution is -0.116. The van der Waals surface area contributed by atoms with Gasteiger partial charge in [0, 0.05) is 18.7 Å². The Morgan fingerprint density at radius 2 is 2.12 bits per heavy atom. The van der Waals surface area contributed by atoms with Gasteiger partial charge in [-0.05, 0) is 25.2 Å². The van der Waals surface area contributed by atoms with E-state index in [9.17, 15) is 14.0 Å². The van der Waals surface area contributed by atoms with Gasteiger partial charge in [0.05, 0.1) is 5.56 Å². The summed E-state index contributed by atoms with van der Waals surface area (Å²) in [7, 11) is 1.72. The Morgan fingerprint density at radius 3 is 2.65 bits per heavy atom. The third-order valence-corrected chi connectivity index (χ3v) is 2.09. The molecule has 0 radical (unpaired) electrons. The molecule has 1 aromatic rings. The summed E-state index contributed by atoms with van der Waals surface area (Å²) in [5.41, 5.74) is -0.174. The SMILES string of the molecule is CNCCC(=O)Nc1ccc(C(=O)O)c(F)c1. The van der Waals surface area contributed by atoms with Crippen molar-refractivity contribution in [1.29, 1.82) is 0 Å². The van der Waals surface area contributed by atoms with E-state index in [0.29, 0.717) is 6.54 Å². The first-order chi connectivity index (χ1) is 8.04. The zero-order valence-electron chi connectivity index (χ0n) is 9.29. The number of nitrogens with one attached hydrogen (secondary N) is 2. The van der Waals surface area contributed by atoms with Crippen LogP contribution in [0.3, 0.4) is 0 Å². The molecular formula is C11H13FN2O3. The van der Waals surface area contributed by atoms with Gasteiger partial charge in [0.1, 0.15) is 5.82 Å². The molecule has 0 unspecified atom stereocenters. The van der Waals surface area contributed by atoms with Crippen LogP contribution in [0.5, 0.6) is 0 Å². The predicted octanol–water partition coefficient (Wildman–Crippen LogP) is 1.07. The molecule has 0 saturated heterocycles. The molecule has 0 aliphatic rings. The summed E-state index contributed by atoms with van der Waals surface area (Å²) in [4.78, 5) is 21.9. The maximum atomic E-state index is 13.3. The highest BCUT2D eigenvalue weighted by Crippen LogP contribution is 2.14. The van der Waals surface area contributed by atoms with E-state index in [1.807, 2.05) is 0 Å². The second-order valence-corrected chi connectivity index (χ2v) is 3.40. The monoisotopic (exact) mass is 240 g/mol. The summed E-state index contributed by atoms with van der Waals surface area (Å²) in [6.07, 6.45) is 0.263. The van der Waals surface area contributed by atoms with Crippen molar-refractivity contribution < 1.29 is 19.1 Å². The Balaban J connectivity index is 2.70. The van der Waals surface area contributed by atoms with Crippen LogP contribution in [0, 0.1) is 5.82 Å². The number of aromatic carboxylic acids is 1. The Morgan fingerprint density at radius 1 is 1.41 bits per heavy atom. The quantitative estimate of drug-likeness (QED) is 0.719. The smallest absolute Gasteiger partial charge is 0.338 e. The first-order valence-electron chi connectivity index (χ1n) is 5.02. The highest BCUT2D eigenvalue weighted by molar-refractivity contribution is 5.92. The summed E-state index contributed by atoms with van der Waals surface area (Å²) >= 11 is 0. The average Bonchev–Trinajstić information content (AvgIpc) is 2.26. The van der Waals surface area contributed by atoms with Gasteiger partial charge in [0.15, 0.2) is 0 Å². The first-order valence-corrected chi connectivity index (χ1v) is 5.02. The van der Waals surface area contributed by atoms with Crippen molar-refractivity contribution in [3.8, 4) is 0 Å². The fraction of sp³-hybridized carbons (Fsp3) is 0.273. The van der Waals surface area contributed by atoms with E-state index < -0.39 is 17.3 Å². The minimum Gasteiger partial charge on any atom is -0.478 e. The van der Waals surface area contributed by atoms with Crippen molar-refractivity contribution in [1.82, 2.24) is 5.32 Å². The molecule has 1 rings (SSSR count). The summed E-state index contributed by atoms with van der Waals surface area (Å²) in [6, 6.07) is 3.45. The number of hydrogen-bond donors (Lipinski definition) is 3. The van der Waals surface area contributed by atoms with Crippen LogP contribution in [0.4, 0.5) is 10.1 Å². The first kappa shape index (κ1) is 13.1. The number of rotatable bonds is 5. The number of benzene rings is 1. The normalized spacial score (nSPS) is 10.0. The lowest BCUT2D eigenvalue weighted by Gasteiger charge is -2.06. The fourth-order valence-corrected chi connectivity index (χ4v) is 1.23. The molecule has 5 nitrogen and oxygen atoms in total. The van der Waals surface area contributed by atoms with Gasteiger partial charge in [-0.2, -0.15) is 0 Å². The Kier molecular flexibility index (Phi) is 4.59. The Bertz CT molecular complexity index is 435. The number of anilines is 1. The number of carbonyl (C=O) groups is 2. The summed E-state index contributed by atoms with van der Waals surface area (Å²) < 4.78 is 13.3. The highest BCUT2D eigenvalue weighted by atomic mass is 19.1. The Hall–Kier alpha value is -1.95. The molecule has 0 aliphatic heterocycles. The minimum atomic E-state index is -1.34. The van der Waals surface area contributed by atoms with E-state index in [2.05, 4.69) is 10.6 Å². The molecule has 0 saturated carbocycles. The number of hydrogen-bond acceptors (Lipinski definition) is 3. The number of amides is 1. The zero-order chi connectivity index (χ0) is 12.8. The van der Waals surface area contributed by atoms with Crippen molar-refractivity contribution in [2.24, 2.45) is 0 Å². The maximum absolute atomic E-state index is 13.3. The van der Waals surface area contributed by atoms with Crippen molar-refractivity contribution in [2.75, 3.05) is 18.9 Å². The van der Waals surface area contributed by atoms with E-state index >= 15 is 0 Å². The summed E-state index contributed by atoms with van der Waals surface area (Å²) in [6.45, 7) is 0.515. The molecule has 17 heavy (non-hydrogen) atoms. The lowest BCUT2D eigenvalue weighted by Crippen LogP contribution is -2.18. The van der Waals surface area contributed by atoms with Crippen molar-refractivity contribution in [3.63, 3.8) is 0 Å². The van der Waals surface area contributed by atoms with Crippen LogP contribution in [-0.2, 0) is 4.79 Å². The molecule has 0 bridgehead atoms. The highest BCUT2D eigenvalue weighted by Gasteiger charge is 2.11. The largest absolute Gasteiger partial charge is 0.478 e. The van der Waals surface area contributed by atoms with E-state index in [-0.39, 0.29) is 18.0 Å². The second-order valence-electron chi connectivity index (χ2n) is 3.40. The number of carbonyl (C=O) groups excluding carboxylic acids is 1. The predicted molar refractivity (Wildman–Crippen MR) is 60.5 cm³/mol.